The summed E-state index contributed by atoms with van der Waals surface area (Å²) in [6, 6.07) is -0.738. The van der Waals surface area contributed by atoms with Gasteiger partial charge in [-0.25, -0.2) is 4.79 Å². The summed E-state index contributed by atoms with van der Waals surface area (Å²) in [6.45, 7) is 8.06. The minimum atomic E-state index is -0.484. The van der Waals surface area contributed by atoms with Crippen molar-refractivity contribution < 1.29 is 14.3 Å². The molecule has 0 aromatic carbocycles. The molecule has 26 heavy (non-hydrogen) atoms. The van der Waals surface area contributed by atoms with Crippen molar-refractivity contribution in [2.24, 2.45) is 5.92 Å². The Balaban J connectivity index is 1.93. The first kappa shape index (κ1) is 21.3. The smallest absolute Gasteiger partial charge is 0.315 e. The Bertz CT molecular complexity index is 475. The Labute approximate surface area is 161 Å². The Morgan fingerprint density at radius 2 is 1.96 bits per heavy atom. The molecule has 3 amide bonds. The van der Waals surface area contributed by atoms with Gasteiger partial charge >= 0.3 is 6.03 Å². The van der Waals surface area contributed by atoms with Crippen LogP contribution in [0.25, 0.3) is 0 Å². The molecule has 2 atom stereocenters. The molecule has 2 fully saturated rings. The number of morpholine rings is 1. The van der Waals surface area contributed by atoms with Crippen LogP contribution in [0.2, 0.25) is 0 Å². The monoisotopic (exact) mass is 386 g/mol. The van der Waals surface area contributed by atoms with Gasteiger partial charge in [0.05, 0.1) is 13.2 Å². The summed E-state index contributed by atoms with van der Waals surface area (Å²) >= 11 is 1.94. The van der Waals surface area contributed by atoms with Gasteiger partial charge in [-0.2, -0.15) is 11.8 Å². The van der Waals surface area contributed by atoms with E-state index in [4.69, 9.17) is 4.74 Å². The fourth-order valence-corrected chi connectivity index (χ4v) is 5.07. The number of amides is 3. The summed E-state index contributed by atoms with van der Waals surface area (Å²) < 4.78 is 5.48. The number of likely N-dealkylation sites (N-methyl/N-ethyl adjacent to an activating group) is 1. The summed E-state index contributed by atoms with van der Waals surface area (Å²) in [4.78, 5) is 28.8. The molecule has 2 saturated heterocycles. The summed E-state index contributed by atoms with van der Waals surface area (Å²) in [7, 11) is 3.44. The van der Waals surface area contributed by atoms with Gasteiger partial charge in [0.2, 0.25) is 5.91 Å². The fraction of sp³-hybridized carbons (Fsp3) is 0.889. The third kappa shape index (κ3) is 5.76. The average Bonchev–Trinajstić information content (AvgIpc) is 3.09. The van der Waals surface area contributed by atoms with E-state index in [0.29, 0.717) is 18.9 Å². The molecule has 2 aliphatic rings. The lowest BCUT2D eigenvalue weighted by Crippen LogP contribution is -2.60. The minimum Gasteiger partial charge on any atom is -0.379 e. The summed E-state index contributed by atoms with van der Waals surface area (Å²) in [5.74, 6) is 2.41. The Kier molecular flexibility index (Phi) is 8.04. The largest absolute Gasteiger partial charge is 0.379 e. The SMILES string of the molecule is CC(C)CC(NC(=O)NCC1(N2CCOCC2)CCSC1)C(=O)N(C)C. The molecular formula is C18H34N4O3S. The topological polar surface area (TPSA) is 73.9 Å². The van der Waals surface area contributed by atoms with Crippen molar-refractivity contribution in [1.82, 2.24) is 20.4 Å². The van der Waals surface area contributed by atoms with Crippen LogP contribution in [-0.2, 0) is 9.53 Å². The van der Waals surface area contributed by atoms with Crippen molar-refractivity contribution in [2.45, 2.75) is 38.3 Å². The third-order valence-electron chi connectivity index (χ3n) is 5.09. The summed E-state index contributed by atoms with van der Waals surface area (Å²) in [5.41, 5.74) is 0.00485. The maximum Gasteiger partial charge on any atom is 0.315 e. The van der Waals surface area contributed by atoms with Gasteiger partial charge in [0.1, 0.15) is 6.04 Å². The second-order valence-electron chi connectivity index (χ2n) is 7.87. The lowest BCUT2D eigenvalue weighted by atomic mass is 9.95. The van der Waals surface area contributed by atoms with Crippen LogP contribution in [0, 0.1) is 5.92 Å². The van der Waals surface area contributed by atoms with Crippen molar-refractivity contribution in [3.05, 3.63) is 0 Å². The van der Waals surface area contributed by atoms with Crippen LogP contribution in [0.4, 0.5) is 4.79 Å². The first-order valence-electron chi connectivity index (χ1n) is 9.50. The van der Waals surface area contributed by atoms with Gasteiger partial charge in [-0.3, -0.25) is 9.69 Å². The summed E-state index contributed by atoms with van der Waals surface area (Å²) in [6.07, 6.45) is 1.71. The molecule has 2 unspecified atom stereocenters. The zero-order valence-corrected chi connectivity index (χ0v) is 17.4. The summed E-state index contributed by atoms with van der Waals surface area (Å²) in [5, 5.41) is 5.93. The average molecular weight is 387 g/mol. The van der Waals surface area contributed by atoms with Crippen LogP contribution in [0.5, 0.6) is 0 Å². The number of rotatable bonds is 7. The molecule has 0 saturated carbocycles. The Morgan fingerprint density at radius 1 is 1.27 bits per heavy atom. The standard InChI is InChI=1S/C18H34N4O3S/c1-14(2)11-15(16(23)21(3)4)20-17(24)19-12-18(5-10-26-13-18)22-6-8-25-9-7-22/h14-15H,5-13H2,1-4H3,(H2,19,20,24). The zero-order valence-electron chi connectivity index (χ0n) is 16.5. The van der Waals surface area contributed by atoms with Crippen molar-refractivity contribution in [2.75, 3.05) is 58.4 Å². The van der Waals surface area contributed by atoms with Crippen LogP contribution in [0.1, 0.15) is 26.7 Å². The molecular weight excluding hydrogens is 352 g/mol. The molecule has 0 aliphatic carbocycles. The predicted molar refractivity (Wildman–Crippen MR) is 106 cm³/mol. The van der Waals surface area contributed by atoms with Gasteiger partial charge in [-0.15, -0.1) is 0 Å². The number of thioether (sulfide) groups is 1. The molecule has 8 heteroatoms. The second kappa shape index (κ2) is 9.80. The van der Waals surface area contributed by atoms with Gasteiger partial charge in [0, 0.05) is 45.0 Å². The number of carbonyl (C=O) groups excluding carboxylic acids is 2. The molecule has 2 heterocycles. The van der Waals surface area contributed by atoms with Crippen molar-refractivity contribution in [3.8, 4) is 0 Å². The van der Waals surface area contributed by atoms with Crippen molar-refractivity contribution >= 4 is 23.7 Å². The van der Waals surface area contributed by atoms with E-state index >= 15 is 0 Å². The molecule has 0 radical (unpaired) electrons. The van der Waals surface area contributed by atoms with Crippen molar-refractivity contribution in [3.63, 3.8) is 0 Å². The van der Waals surface area contributed by atoms with Crippen LogP contribution < -0.4 is 10.6 Å². The quantitative estimate of drug-likeness (QED) is 0.683. The number of nitrogens with one attached hydrogen (secondary N) is 2. The molecule has 0 bridgehead atoms. The van der Waals surface area contributed by atoms with Gasteiger partial charge < -0.3 is 20.3 Å². The zero-order chi connectivity index (χ0) is 19.2. The third-order valence-corrected chi connectivity index (χ3v) is 6.33. The maximum atomic E-state index is 12.5. The molecule has 2 rings (SSSR count). The van der Waals surface area contributed by atoms with E-state index in [1.54, 1.807) is 14.1 Å². The van der Waals surface area contributed by atoms with E-state index in [1.807, 2.05) is 11.8 Å². The van der Waals surface area contributed by atoms with Crippen molar-refractivity contribution in [1.29, 1.82) is 0 Å². The minimum absolute atomic E-state index is 0.00485. The fourth-order valence-electron chi connectivity index (χ4n) is 3.59. The highest BCUT2D eigenvalue weighted by atomic mass is 32.2. The first-order valence-corrected chi connectivity index (χ1v) is 10.7. The molecule has 2 aliphatic heterocycles. The highest BCUT2D eigenvalue weighted by molar-refractivity contribution is 7.99. The van der Waals surface area contributed by atoms with E-state index in [2.05, 4.69) is 29.4 Å². The van der Waals surface area contributed by atoms with Gasteiger partial charge in [-0.05, 0) is 24.5 Å². The van der Waals surface area contributed by atoms with E-state index in [0.717, 1.165) is 44.2 Å². The van der Waals surface area contributed by atoms with E-state index in [-0.39, 0.29) is 17.5 Å². The molecule has 0 aromatic rings. The highest BCUT2D eigenvalue weighted by Gasteiger charge is 2.41. The van der Waals surface area contributed by atoms with E-state index < -0.39 is 6.04 Å². The predicted octanol–water partition coefficient (Wildman–Crippen LogP) is 0.996. The maximum absolute atomic E-state index is 12.5. The van der Waals surface area contributed by atoms with Crippen LogP contribution >= 0.6 is 11.8 Å². The van der Waals surface area contributed by atoms with Gasteiger partial charge in [-0.1, -0.05) is 13.8 Å². The van der Waals surface area contributed by atoms with Gasteiger partial charge in [0.25, 0.3) is 0 Å². The Hall–Kier alpha value is -0.990. The number of hydrogen-bond acceptors (Lipinski definition) is 5. The number of carbonyl (C=O) groups is 2. The molecule has 150 valence electrons. The number of hydrogen-bond donors (Lipinski definition) is 2. The molecule has 0 spiro atoms. The molecule has 0 aromatic heterocycles. The number of urea groups is 1. The molecule has 7 nitrogen and oxygen atoms in total. The molecule has 2 N–H and O–H groups in total. The van der Waals surface area contributed by atoms with Crippen LogP contribution in [0.15, 0.2) is 0 Å². The van der Waals surface area contributed by atoms with E-state index in [1.165, 1.54) is 4.90 Å². The number of nitrogens with zero attached hydrogens (tertiary/aromatic N) is 2. The Morgan fingerprint density at radius 3 is 2.50 bits per heavy atom. The van der Waals surface area contributed by atoms with E-state index in [9.17, 15) is 9.59 Å². The number of ether oxygens (including phenoxy) is 1. The normalized spacial score (nSPS) is 25.1. The van der Waals surface area contributed by atoms with Crippen LogP contribution in [0.3, 0.4) is 0 Å². The second-order valence-corrected chi connectivity index (χ2v) is 8.97. The van der Waals surface area contributed by atoms with Crippen LogP contribution in [-0.4, -0.2) is 91.8 Å². The lowest BCUT2D eigenvalue weighted by molar-refractivity contribution is -0.131. The highest BCUT2D eigenvalue weighted by Crippen LogP contribution is 2.33. The van der Waals surface area contributed by atoms with Gasteiger partial charge in [0.15, 0.2) is 0 Å². The first-order chi connectivity index (χ1) is 12.3. The lowest BCUT2D eigenvalue weighted by Gasteiger charge is -2.43.